The van der Waals surface area contributed by atoms with E-state index >= 15 is 0 Å². The minimum absolute atomic E-state index is 0.0462. The number of azide groups is 1. The molecule has 0 amide bonds. The zero-order valence-electron chi connectivity index (χ0n) is 5.93. The molecule has 0 aliphatic carbocycles. The Morgan fingerprint density at radius 1 is 1.46 bits per heavy atom. The van der Waals surface area contributed by atoms with Crippen LogP contribution in [0.2, 0.25) is 5.02 Å². The van der Waals surface area contributed by atoms with Gasteiger partial charge in [0.25, 0.3) is 0 Å². The summed E-state index contributed by atoms with van der Waals surface area (Å²) in [7, 11) is 0. The Balaban J connectivity index is 3.52. The van der Waals surface area contributed by atoms with Crippen molar-refractivity contribution >= 4 is 49.1 Å². The second-order valence-electron chi connectivity index (χ2n) is 2.01. The maximum absolute atomic E-state index is 13.1. The van der Waals surface area contributed by atoms with Gasteiger partial charge in [0.05, 0.1) is 15.2 Å². The molecule has 1 aromatic carbocycles. The number of hydrogen-bond acceptors (Lipinski definition) is 1. The summed E-state index contributed by atoms with van der Waals surface area (Å²) in [5.74, 6) is -0.646. The Morgan fingerprint density at radius 2 is 2.08 bits per heavy atom. The smallest absolute Gasteiger partial charge is 0.156 e. The minimum atomic E-state index is -0.646. The minimum Gasteiger partial charge on any atom is -0.204 e. The first-order valence-electron chi connectivity index (χ1n) is 2.96. The largest absolute Gasteiger partial charge is 0.204 e. The number of hydrogen-bond donors (Lipinski definition) is 0. The lowest BCUT2D eigenvalue weighted by Crippen LogP contribution is -1.81. The van der Waals surface area contributed by atoms with Gasteiger partial charge in [-0.05, 0) is 27.5 Å². The predicted molar refractivity (Wildman–Crippen MR) is 55.6 cm³/mol. The van der Waals surface area contributed by atoms with E-state index in [2.05, 4.69) is 41.9 Å². The van der Waals surface area contributed by atoms with E-state index in [1.807, 2.05) is 0 Å². The van der Waals surface area contributed by atoms with E-state index in [9.17, 15) is 4.39 Å². The fourth-order valence-corrected chi connectivity index (χ4v) is 2.40. The van der Waals surface area contributed by atoms with Gasteiger partial charge in [0.2, 0.25) is 0 Å². The molecule has 0 aliphatic heterocycles. The average molecular weight is 329 g/mol. The first kappa shape index (κ1) is 10.8. The monoisotopic (exact) mass is 327 g/mol. The van der Waals surface area contributed by atoms with Crippen molar-refractivity contribution in [1.29, 1.82) is 0 Å². The summed E-state index contributed by atoms with van der Waals surface area (Å²) < 4.78 is 13.8. The van der Waals surface area contributed by atoms with Crippen LogP contribution in [0.5, 0.6) is 0 Å². The molecule has 1 rings (SSSR count). The molecule has 0 saturated heterocycles. The van der Waals surface area contributed by atoms with Gasteiger partial charge in [-0.25, -0.2) is 4.39 Å². The highest BCUT2D eigenvalue weighted by Crippen LogP contribution is 2.39. The van der Waals surface area contributed by atoms with E-state index in [1.54, 1.807) is 0 Å². The third-order valence-electron chi connectivity index (χ3n) is 1.23. The second-order valence-corrected chi connectivity index (χ2v) is 4.09. The molecule has 0 bridgehead atoms. The van der Waals surface area contributed by atoms with Gasteiger partial charge >= 0.3 is 0 Å². The maximum atomic E-state index is 13.1. The maximum Gasteiger partial charge on any atom is 0.156 e. The molecule has 0 radical (unpaired) electrons. The highest BCUT2D eigenvalue weighted by atomic mass is 79.9. The Bertz CT molecular complexity index is 403. The lowest BCUT2D eigenvalue weighted by Gasteiger charge is -2.03. The van der Waals surface area contributed by atoms with Crippen molar-refractivity contribution in [2.45, 2.75) is 0 Å². The summed E-state index contributed by atoms with van der Waals surface area (Å²) in [5, 5.41) is 3.04. The SMILES string of the molecule is [N-]=[N+]=Nc1c(Br)cc(Br)c(F)c1Cl. The highest BCUT2D eigenvalue weighted by Gasteiger charge is 2.12. The second kappa shape index (κ2) is 4.28. The van der Waals surface area contributed by atoms with Crippen LogP contribution in [0, 0.1) is 5.82 Å². The fourth-order valence-electron chi connectivity index (χ4n) is 0.693. The lowest BCUT2D eigenvalue weighted by molar-refractivity contribution is 0.621. The third-order valence-corrected chi connectivity index (χ3v) is 2.76. The number of benzene rings is 1. The molecule has 0 aromatic heterocycles. The van der Waals surface area contributed by atoms with E-state index in [0.29, 0.717) is 4.47 Å². The van der Waals surface area contributed by atoms with E-state index < -0.39 is 5.82 Å². The Labute approximate surface area is 94.8 Å². The summed E-state index contributed by atoms with van der Waals surface area (Å²) in [6.07, 6.45) is 0. The van der Waals surface area contributed by atoms with E-state index in [1.165, 1.54) is 6.07 Å². The zero-order valence-corrected chi connectivity index (χ0v) is 9.86. The summed E-state index contributed by atoms with van der Waals surface area (Å²) in [6.45, 7) is 0. The van der Waals surface area contributed by atoms with Crippen molar-refractivity contribution in [3.8, 4) is 0 Å². The number of rotatable bonds is 1. The molecule has 7 heteroatoms. The van der Waals surface area contributed by atoms with Gasteiger partial charge < -0.3 is 0 Å². The lowest BCUT2D eigenvalue weighted by atomic mass is 10.3. The van der Waals surface area contributed by atoms with Crippen molar-refractivity contribution in [2.24, 2.45) is 5.11 Å². The van der Waals surface area contributed by atoms with Crippen molar-refractivity contribution in [3.05, 3.63) is 36.3 Å². The Kier molecular flexibility index (Phi) is 3.55. The quantitative estimate of drug-likeness (QED) is 0.230. The van der Waals surface area contributed by atoms with Gasteiger partial charge in [0.15, 0.2) is 5.82 Å². The first-order valence-corrected chi connectivity index (χ1v) is 4.92. The molecule has 0 unspecified atom stereocenters. The molecule has 0 spiro atoms. The number of halogens is 4. The molecule has 0 saturated carbocycles. The topological polar surface area (TPSA) is 48.8 Å². The standard InChI is InChI=1S/C6HBr2ClFN3/c7-2-1-3(8)6(12-13-11)4(9)5(2)10/h1H. The summed E-state index contributed by atoms with van der Waals surface area (Å²) in [6, 6.07) is 1.42. The third kappa shape index (κ3) is 2.14. The zero-order chi connectivity index (χ0) is 10.0. The average Bonchev–Trinajstić information content (AvgIpc) is 2.09. The van der Waals surface area contributed by atoms with Crippen LogP contribution in [0.3, 0.4) is 0 Å². The van der Waals surface area contributed by atoms with E-state index in [-0.39, 0.29) is 15.2 Å². The van der Waals surface area contributed by atoms with Crippen molar-refractivity contribution in [2.75, 3.05) is 0 Å². The van der Waals surface area contributed by atoms with Crippen LogP contribution in [-0.2, 0) is 0 Å². The number of nitrogens with zero attached hydrogens (tertiary/aromatic N) is 3. The molecule has 0 fully saturated rings. The molecule has 13 heavy (non-hydrogen) atoms. The molecule has 3 nitrogen and oxygen atoms in total. The van der Waals surface area contributed by atoms with E-state index in [4.69, 9.17) is 17.1 Å². The van der Waals surface area contributed by atoms with Gasteiger partial charge in [-0.15, -0.1) is 0 Å². The van der Waals surface area contributed by atoms with Crippen LogP contribution >= 0.6 is 43.5 Å². The van der Waals surface area contributed by atoms with Crippen LogP contribution in [-0.4, -0.2) is 0 Å². The van der Waals surface area contributed by atoms with Gasteiger partial charge in [0, 0.05) is 9.38 Å². The molecular formula is C6HBr2ClFN3. The van der Waals surface area contributed by atoms with Gasteiger partial charge in [-0.1, -0.05) is 32.6 Å². The van der Waals surface area contributed by atoms with Crippen LogP contribution in [0.4, 0.5) is 10.1 Å². The molecule has 0 heterocycles. The fraction of sp³-hybridized carbons (Fsp3) is 0. The highest BCUT2D eigenvalue weighted by molar-refractivity contribution is 9.11. The van der Waals surface area contributed by atoms with Crippen LogP contribution in [0.25, 0.3) is 10.4 Å². The molecule has 0 atom stereocenters. The van der Waals surface area contributed by atoms with Crippen LogP contribution < -0.4 is 0 Å². The molecule has 68 valence electrons. The van der Waals surface area contributed by atoms with Crippen LogP contribution in [0.1, 0.15) is 0 Å². The summed E-state index contributed by atoms with van der Waals surface area (Å²) in [4.78, 5) is 2.53. The van der Waals surface area contributed by atoms with Crippen molar-refractivity contribution < 1.29 is 4.39 Å². The first-order chi connectivity index (χ1) is 6.07. The normalized spacial score (nSPS) is 9.54. The van der Waals surface area contributed by atoms with Crippen LogP contribution in [0.15, 0.2) is 20.1 Å². The predicted octanol–water partition coefficient (Wildman–Crippen LogP) is 4.95. The molecule has 0 aliphatic rings. The Hall–Kier alpha value is -0.290. The van der Waals surface area contributed by atoms with Crippen molar-refractivity contribution in [3.63, 3.8) is 0 Å². The molecular weight excluding hydrogens is 328 g/mol. The van der Waals surface area contributed by atoms with Gasteiger partial charge in [0.1, 0.15) is 0 Å². The Morgan fingerprint density at radius 3 is 2.62 bits per heavy atom. The molecule has 0 N–H and O–H groups in total. The van der Waals surface area contributed by atoms with Crippen molar-refractivity contribution in [1.82, 2.24) is 0 Å². The van der Waals surface area contributed by atoms with Gasteiger partial charge in [-0.2, -0.15) is 0 Å². The van der Waals surface area contributed by atoms with E-state index in [0.717, 1.165) is 0 Å². The summed E-state index contributed by atoms with van der Waals surface area (Å²) >= 11 is 11.6. The summed E-state index contributed by atoms with van der Waals surface area (Å²) in [5.41, 5.74) is 8.22. The van der Waals surface area contributed by atoms with Gasteiger partial charge in [-0.3, -0.25) is 0 Å². The molecule has 1 aromatic rings.